The van der Waals surface area contributed by atoms with Crippen LogP contribution in [0.5, 0.6) is 0 Å². The molecule has 0 saturated heterocycles. The molecule has 14 heavy (non-hydrogen) atoms. The number of carbonyl (C=O) groups is 2. The number of hydrogen-bond donors (Lipinski definition) is 0. The highest BCUT2D eigenvalue weighted by atomic mass is 16.6. The van der Waals surface area contributed by atoms with Gasteiger partial charge in [0, 0.05) is 12.3 Å². The van der Waals surface area contributed by atoms with Crippen LogP contribution in [0.4, 0.5) is 0 Å². The van der Waals surface area contributed by atoms with Crippen molar-refractivity contribution in [1.29, 1.82) is 0 Å². The number of rotatable bonds is 1. The summed E-state index contributed by atoms with van der Waals surface area (Å²) in [6, 6.07) is 0. The van der Waals surface area contributed by atoms with Crippen molar-refractivity contribution in [2.45, 2.75) is 45.6 Å². The van der Waals surface area contributed by atoms with Gasteiger partial charge >= 0.3 is 5.97 Å². The first-order chi connectivity index (χ1) is 6.38. The average Bonchev–Trinajstić information content (AvgIpc) is 2.52. The number of hydrogen-bond acceptors (Lipinski definition) is 3. The molecule has 2 fully saturated rings. The Bertz CT molecular complexity index is 306. The number of carbonyl (C=O) groups excluding carboxylic acids is 2. The van der Waals surface area contributed by atoms with Gasteiger partial charge in [-0.15, -0.1) is 0 Å². The summed E-state index contributed by atoms with van der Waals surface area (Å²) in [6.45, 7) is 5.30. The van der Waals surface area contributed by atoms with E-state index in [1.54, 1.807) is 0 Å². The third-order valence-corrected chi connectivity index (χ3v) is 3.83. The predicted molar refractivity (Wildman–Crippen MR) is 50.6 cm³/mol. The molecule has 0 radical (unpaired) electrons. The highest BCUT2D eigenvalue weighted by Gasteiger charge is 2.63. The summed E-state index contributed by atoms with van der Waals surface area (Å²) in [6.07, 6.45) is 2.46. The zero-order valence-electron chi connectivity index (χ0n) is 8.92. The molecule has 2 aliphatic rings. The van der Waals surface area contributed by atoms with Gasteiger partial charge in [-0.2, -0.15) is 0 Å². The Morgan fingerprint density at radius 2 is 2.14 bits per heavy atom. The topological polar surface area (TPSA) is 43.4 Å². The van der Waals surface area contributed by atoms with Crippen LogP contribution in [0.3, 0.4) is 0 Å². The van der Waals surface area contributed by atoms with Crippen LogP contribution in [0.15, 0.2) is 0 Å². The SMILES string of the molecule is CC(=O)O[C@]12CC[C@H](C1)C(C)(C)C2=O. The average molecular weight is 196 g/mol. The molecule has 0 heterocycles. The van der Waals surface area contributed by atoms with Crippen LogP contribution in [-0.2, 0) is 14.3 Å². The highest BCUT2D eigenvalue weighted by molar-refractivity contribution is 5.97. The van der Waals surface area contributed by atoms with Crippen molar-refractivity contribution in [3.05, 3.63) is 0 Å². The second-order valence-electron chi connectivity index (χ2n) is 5.08. The van der Waals surface area contributed by atoms with E-state index in [9.17, 15) is 9.59 Å². The molecule has 3 heteroatoms. The molecular formula is C11H16O3. The van der Waals surface area contributed by atoms with Crippen LogP contribution < -0.4 is 0 Å². The predicted octanol–water partition coefficient (Wildman–Crippen LogP) is 1.70. The molecule has 2 rings (SSSR count). The van der Waals surface area contributed by atoms with Gasteiger partial charge in [0.15, 0.2) is 11.4 Å². The first-order valence-electron chi connectivity index (χ1n) is 5.13. The fraction of sp³-hybridized carbons (Fsp3) is 0.818. The quantitative estimate of drug-likeness (QED) is 0.599. The number of fused-ring (bicyclic) bond motifs is 2. The smallest absolute Gasteiger partial charge is 0.303 e. The summed E-state index contributed by atoms with van der Waals surface area (Å²) in [4.78, 5) is 23.0. The Morgan fingerprint density at radius 3 is 2.57 bits per heavy atom. The number of esters is 1. The molecule has 2 aliphatic carbocycles. The van der Waals surface area contributed by atoms with Gasteiger partial charge in [-0.3, -0.25) is 9.59 Å². The van der Waals surface area contributed by atoms with Crippen molar-refractivity contribution in [3.8, 4) is 0 Å². The minimum Gasteiger partial charge on any atom is -0.451 e. The van der Waals surface area contributed by atoms with Crippen molar-refractivity contribution in [2.24, 2.45) is 11.3 Å². The van der Waals surface area contributed by atoms with Crippen LogP contribution >= 0.6 is 0 Å². The molecule has 0 aromatic heterocycles. The molecular weight excluding hydrogens is 180 g/mol. The lowest BCUT2D eigenvalue weighted by atomic mass is 9.74. The summed E-state index contributed by atoms with van der Waals surface area (Å²) in [5.74, 6) is 0.183. The van der Waals surface area contributed by atoms with E-state index in [0.29, 0.717) is 5.92 Å². The van der Waals surface area contributed by atoms with E-state index in [4.69, 9.17) is 4.74 Å². The van der Waals surface area contributed by atoms with E-state index < -0.39 is 5.60 Å². The Kier molecular flexibility index (Phi) is 1.79. The van der Waals surface area contributed by atoms with Gasteiger partial charge in [0.1, 0.15) is 0 Å². The number of ketones is 1. The van der Waals surface area contributed by atoms with Crippen molar-refractivity contribution < 1.29 is 14.3 Å². The molecule has 2 atom stereocenters. The molecule has 78 valence electrons. The molecule has 0 aliphatic heterocycles. The van der Waals surface area contributed by atoms with Gasteiger partial charge in [0.2, 0.25) is 0 Å². The fourth-order valence-corrected chi connectivity index (χ4v) is 3.02. The van der Waals surface area contributed by atoms with Crippen LogP contribution in [0.2, 0.25) is 0 Å². The number of Topliss-reactive ketones (excluding diaryl/α,β-unsaturated/α-hetero) is 1. The van der Waals surface area contributed by atoms with Gasteiger partial charge in [-0.05, 0) is 25.2 Å². The maximum absolute atomic E-state index is 12.1. The van der Waals surface area contributed by atoms with Gasteiger partial charge < -0.3 is 4.74 Å². The Labute approximate surface area is 83.8 Å². The monoisotopic (exact) mass is 196 g/mol. The van der Waals surface area contributed by atoms with E-state index in [1.165, 1.54) is 6.92 Å². The molecule has 0 amide bonds. The zero-order chi connectivity index (χ0) is 10.6. The molecule has 0 spiro atoms. The van der Waals surface area contributed by atoms with Crippen molar-refractivity contribution in [3.63, 3.8) is 0 Å². The molecule has 0 N–H and O–H groups in total. The van der Waals surface area contributed by atoms with Crippen LogP contribution in [-0.4, -0.2) is 17.4 Å². The first kappa shape index (κ1) is 9.69. The summed E-state index contributed by atoms with van der Waals surface area (Å²) in [5, 5.41) is 0. The zero-order valence-corrected chi connectivity index (χ0v) is 8.92. The Morgan fingerprint density at radius 1 is 1.50 bits per heavy atom. The van der Waals surface area contributed by atoms with Crippen LogP contribution in [0.1, 0.15) is 40.0 Å². The second-order valence-corrected chi connectivity index (χ2v) is 5.08. The normalized spacial score (nSPS) is 38.8. The van der Waals surface area contributed by atoms with Crippen LogP contribution in [0, 0.1) is 11.3 Å². The largest absolute Gasteiger partial charge is 0.451 e. The lowest BCUT2D eigenvalue weighted by molar-refractivity contribution is -0.166. The molecule has 0 aromatic carbocycles. The summed E-state index contributed by atoms with van der Waals surface area (Å²) >= 11 is 0. The lowest BCUT2D eigenvalue weighted by Gasteiger charge is -2.32. The first-order valence-corrected chi connectivity index (χ1v) is 5.13. The second kappa shape index (κ2) is 2.59. The maximum atomic E-state index is 12.1. The molecule has 2 bridgehead atoms. The molecule has 0 unspecified atom stereocenters. The molecule has 0 aromatic rings. The highest BCUT2D eigenvalue weighted by Crippen LogP contribution is 2.56. The van der Waals surface area contributed by atoms with E-state index in [-0.39, 0.29) is 17.2 Å². The Hall–Kier alpha value is -0.860. The van der Waals surface area contributed by atoms with Gasteiger partial charge in [-0.25, -0.2) is 0 Å². The summed E-state index contributed by atoms with van der Waals surface area (Å²) < 4.78 is 5.25. The van der Waals surface area contributed by atoms with E-state index in [1.807, 2.05) is 13.8 Å². The van der Waals surface area contributed by atoms with Gasteiger partial charge in [0.25, 0.3) is 0 Å². The van der Waals surface area contributed by atoms with E-state index in [0.717, 1.165) is 19.3 Å². The van der Waals surface area contributed by atoms with Gasteiger partial charge in [-0.1, -0.05) is 13.8 Å². The van der Waals surface area contributed by atoms with Gasteiger partial charge in [0.05, 0.1) is 0 Å². The van der Waals surface area contributed by atoms with Crippen molar-refractivity contribution in [2.75, 3.05) is 0 Å². The fourth-order valence-electron chi connectivity index (χ4n) is 3.02. The van der Waals surface area contributed by atoms with Crippen molar-refractivity contribution in [1.82, 2.24) is 0 Å². The minimum atomic E-state index is -0.764. The Balaban J connectivity index is 2.30. The molecule has 3 nitrogen and oxygen atoms in total. The van der Waals surface area contributed by atoms with Crippen LogP contribution in [0.25, 0.3) is 0 Å². The third-order valence-electron chi connectivity index (χ3n) is 3.83. The lowest BCUT2D eigenvalue weighted by Crippen LogP contribution is -2.44. The number of ether oxygens (including phenoxy) is 1. The summed E-state index contributed by atoms with van der Waals surface area (Å²) in [7, 11) is 0. The van der Waals surface area contributed by atoms with Crippen molar-refractivity contribution >= 4 is 11.8 Å². The minimum absolute atomic E-state index is 0.122. The van der Waals surface area contributed by atoms with E-state index >= 15 is 0 Å². The standard InChI is InChI=1S/C11H16O3/c1-7(12)14-11-5-4-8(6-11)10(2,3)9(11)13/h8H,4-6H2,1-3H3/t8-,11-/m1/s1. The molecule has 2 saturated carbocycles. The third kappa shape index (κ3) is 1.04. The summed E-state index contributed by atoms with van der Waals surface area (Å²) in [5.41, 5.74) is -1.06. The maximum Gasteiger partial charge on any atom is 0.303 e. The van der Waals surface area contributed by atoms with E-state index in [2.05, 4.69) is 0 Å².